The summed E-state index contributed by atoms with van der Waals surface area (Å²) in [5, 5.41) is -0.516. The third kappa shape index (κ3) is 6.78. The van der Waals surface area contributed by atoms with Crippen LogP contribution in [0.2, 0.25) is 0 Å². The maximum atomic E-state index is 14.1. The van der Waals surface area contributed by atoms with E-state index >= 15 is 0 Å². The van der Waals surface area contributed by atoms with E-state index in [1.807, 2.05) is 0 Å². The quantitative estimate of drug-likeness (QED) is 0.211. The number of aromatic nitrogens is 3. The number of fused-ring (bicyclic) bond motifs is 1. The number of carbonyl (C=O) groups excluding carboxylic acids is 2. The van der Waals surface area contributed by atoms with Crippen LogP contribution in [0.1, 0.15) is 5.69 Å². The highest BCUT2D eigenvalue weighted by Crippen LogP contribution is 2.35. The second-order valence-corrected chi connectivity index (χ2v) is 11.6. The Morgan fingerprint density at radius 1 is 1.02 bits per heavy atom. The number of carbonyl (C=O) groups is 2. The van der Waals surface area contributed by atoms with Crippen LogP contribution in [0.4, 0.5) is 13.6 Å². The largest absolute Gasteiger partial charge is 0.493 e. The van der Waals surface area contributed by atoms with Gasteiger partial charge in [0.2, 0.25) is 5.16 Å². The third-order valence-electron chi connectivity index (χ3n) is 5.65. The number of imidazole rings is 1. The van der Waals surface area contributed by atoms with E-state index in [-0.39, 0.29) is 39.7 Å². The summed E-state index contributed by atoms with van der Waals surface area (Å²) in [6.07, 6.45) is 0.108. The summed E-state index contributed by atoms with van der Waals surface area (Å²) in [4.78, 5) is 30.5. The highest BCUT2D eigenvalue weighted by molar-refractivity contribution is 7.91. The van der Waals surface area contributed by atoms with Gasteiger partial charge in [0.1, 0.15) is 5.75 Å². The fourth-order valence-electron chi connectivity index (χ4n) is 3.92. The average molecular weight is 656 g/mol. The van der Waals surface area contributed by atoms with Crippen molar-refractivity contribution in [1.29, 1.82) is 0 Å². The Kier molecular flexibility index (Phi) is 9.48. The number of ether oxygens (including phenoxy) is 5. The smallest absolute Gasteiger partial charge is 0.410 e. The number of pyridine rings is 1. The van der Waals surface area contributed by atoms with Crippen LogP contribution in [0.3, 0.4) is 0 Å². The minimum Gasteiger partial charge on any atom is -0.493 e. The van der Waals surface area contributed by atoms with Crippen molar-refractivity contribution in [3.8, 4) is 28.7 Å². The van der Waals surface area contributed by atoms with Gasteiger partial charge in [0.05, 0.1) is 52.4 Å². The molecule has 19 heteroatoms. The van der Waals surface area contributed by atoms with Gasteiger partial charge < -0.3 is 35.2 Å². The molecule has 0 fully saturated rings. The van der Waals surface area contributed by atoms with Crippen molar-refractivity contribution in [3.63, 3.8) is 0 Å². The molecule has 4 aromatic rings. The zero-order valence-electron chi connectivity index (χ0n) is 22.8. The van der Waals surface area contributed by atoms with Gasteiger partial charge in [-0.3, -0.25) is 14.0 Å². The van der Waals surface area contributed by atoms with Gasteiger partial charge in [0.25, 0.3) is 15.9 Å². The fourth-order valence-corrected chi connectivity index (χ4v) is 6.90. The monoisotopic (exact) mass is 655 g/mol. The number of hydrogen-bond acceptors (Lipinski definition) is 12. The number of amides is 2. The minimum atomic E-state index is -4.73. The number of benzene rings is 2. The van der Waals surface area contributed by atoms with Crippen LogP contribution in [-0.2, 0) is 31.4 Å². The van der Waals surface area contributed by atoms with Gasteiger partial charge in [-0.15, -0.1) is 0 Å². The zero-order chi connectivity index (χ0) is 32.2. The van der Waals surface area contributed by atoms with E-state index in [4.69, 9.17) is 30.4 Å². The summed E-state index contributed by atoms with van der Waals surface area (Å²) < 4.78 is 93.4. The van der Waals surface area contributed by atoms with Gasteiger partial charge >= 0.3 is 12.7 Å². The molecule has 44 heavy (non-hydrogen) atoms. The van der Waals surface area contributed by atoms with E-state index in [2.05, 4.69) is 14.7 Å². The topological polar surface area (TPSA) is 214 Å². The zero-order valence-corrected chi connectivity index (χ0v) is 24.4. The van der Waals surface area contributed by atoms with Crippen LogP contribution >= 0.6 is 0 Å². The molecule has 234 valence electrons. The molecule has 1 unspecified atom stereocenters. The summed E-state index contributed by atoms with van der Waals surface area (Å²) in [5.41, 5.74) is 10.00. The van der Waals surface area contributed by atoms with E-state index in [1.165, 1.54) is 26.5 Å². The highest BCUT2D eigenvalue weighted by atomic mass is 32.2. The van der Waals surface area contributed by atoms with Crippen molar-refractivity contribution in [3.05, 3.63) is 54.4 Å². The number of hydrogen-bond donors (Lipinski definition) is 2. The normalized spacial score (nSPS) is 12.1. The van der Waals surface area contributed by atoms with E-state index in [1.54, 1.807) is 0 Å². The number of alkyl halides is 2. The van der Waals surface area contributed by atoms with Gasteiger partial charge in [-0.05, 0) is 24.3 Å². The molecule has 0 saturated heterocycles. The summed E-state index contributed by atoms with van der Waals surface area (Å²) >= 11 is 0. The first-order chi connectivity index (χ1) is 20.8. The van der Waals surface area contributed by atoms with Crippen molar-refractivity contribution in [2.45, 2.75) is 22.4 Å². The molecule has 0 saturated carbocycles. The number of rotatable bonds is 13. The number of methoxy groups -OCH3 is 2. The molecule has 2 amide bonds. The van der Waals surface area contributed by atoms with Gasteiger partial charge in [0, 0.05) is 24.4 Å². The lowest BCUT2D eigenvalue weighted by molar-refractivity contribution is -0.119. The third-order valence-corrected chi connectivity index (χ3v) is 8.68. The number of primary amides is 2. The fraction of sp³-hybridized carbons (Fsp3) is 0.200. The van der Waals surface area contributed by atoms with Crippen LogP contribution in [0, 0.1) is 0 Å². The standard InChI is InChI=1S/C25H23F2N5O10S2/c1-38-19-7-8-30-16(22(19)39-2)12-43(35)25-31-15-9-13(41-23(26)27)3-5-17(15)32(25)44(36,37)14-4-6-18(42-24(29)34)20(10-14)40-11-21(28)33/h3-10,23H,11-12H2,1-2H3,(H2,28,33)(H2,29,34). The first-order valence-electron chi connectivity index (χ1n) is 12.0. The Morgan fingerprint density at radius 2 is 1.77 bits per heavy atom. The molecule has 1 atom stereocenters. The molecule has 2 aromatic heterocycles. The van der Waals surface area contributed by atoms with Crippen molar-refractivity contribution in [1.82, 2.24) is 13.9 Å². The summed E-state index contributed by atoms with van der Waals surface area (Å²) in [6.45, 7) is -3.90. The first-order valence-corrected chi connectivity index (χ1v) is 14.8. The molecular formula is C25H23F2N5O10S2. The Bertz CT molecular complexity index is 1870. The van der Waals surface area contributed by atoms with Crippen LogP contribution < -0.4 is 35.2 Å². The first kappa shape index (κ1) is 31.9. The number of nitrogens with two attached hydrogens (primary N) is 2. The van der Waals surface area contributed by atoms with E-state index in [0.717, 1.165) is 36.4 Å². The van der Waals surface area contributed by atoms with Crippen molar-refractivity contribution in [2.75, 3.05) is 20.8 Å². The van der Waals surface area contributed by atoms with Gasteiger partial charge in [-0.2, -0.15) is 8.78 Å². The molecule has 0 aliphatic rings. The molecule has 2 heterocycles. The molecule has 15 nitrogen and oxygen atoms in total. The second-order valence-electron chi connectivity index (χ2n) is 8.46. The minimum absolute atomic E-state index is 0.137. The maximum Gasteiger partial charge on any atom is 0.410 e. The summed E-state index contributed by atoms with van der Waals surface area (Å²) in [7, 11) is -4.28. The molecule has 0 bridgehead atoms. The molecule has 0 aliphatic heterocycles. The molecule has 0 radical (unpaired) electrons. The molecule has 4 N–H and O–H groups in total. The predicted octanol–water partition coefficient (Wildman–Crippen LogP) is 1.92. The van der Waals surface area contributed by atoms with Crippen molar-refractivity contribution >= 4 is 43.9 Å². The lowest BCUT2D eigenvalue weighted by atomic mass is 10.3. The van der Waals surface area contributed by atoms with Crippen LogP contribution in [-0.4, -0.2) is 66.0 Å². The lowest BCUT2D eigenvalue weighted by Gasteiger charge is -2.14. The Hall–Kier alpha value is -5.04. The van der Waals surface area contributed by atoms with Crippen LogP contribution in [0.25, 0.3) is 11.0 Å². The molecule has 0 spiro atoms. The van der Waals surface area contributed by atoms with Crippen molar-refractivity contribution in [2.24, 2.45) is 11.5 Å². The lowest BCUT2D eigenvalue weighted by Crippen LogP contribution is -2.22. The van der Waals surface area contributed by atoms with E-state index in [0.29, 0.717) is 3.97 Å². The average Bonchev–Trinajstić information content (AvgIpc) is 3.35. The molecular weight excluding hydrogens is 632 g/mol. The molecule has 2 aromatic carbocycles. The highest BCUT2D eigenvalue weighted by Gasteiger charge is 2.30. The predicted molar refractivity (Wildman–Crippen MR) is 148 cm³/mol. The summed E-state index contributed by atoms with van der Waals surface area (Å²) in [5.74, 6) is -1.98. The van der Waals surface area contributed by atoms with E-state index in [9.17, 15) is 31.0 Å². The van der Waals surface area contributed by atoms with Crippen molar-refractivity contribution < 1.29 is 54.7 Å². The summed E-state index contributed by atoms with van der Waals surface area (Å²) in [6, 6.07) is 7.72. The van der Waals surface area contributed by atoms with Crippen LogP contribution in [0.5, 0.6) is 28.7 Å². The molecule has 4 rings (SSSR count). The second kappa shape index (κ2) is 13.1. The Labute approximate surface area is 250 Å². The Balaban J connectivity index is 1.90. The Morgan fingerprint density at radius 3 is 2.41 bits per heavy atom. The van der Waals surface area contributed by atoms with Gasteiger partial charge in [-0.1, -0.05) is 0 Å². The van der Waals surface area contributed by atoms with Gasteiger partial charge in [0.15, 0.2) is 29.6 Å². The number of nitrogens with zero attached hydrogens (tertiary/aromatic N) is 3. The maximum absolute atomic E-state index is 14.1. The van der Waals surface area contributed by atoms with E-state index < -0.39 is 67.6 Å². The number of halogens is 2. The van der Waals surface area contributed by atoms with Gasteiger partial charge in [-0.25, -0.2) is 22.2 Å². The SMILES string of the molecule is COc1ccnc(CS(=O)c2nc3cc(OC(F)F)ccc3n2S(=O)(=O)c2ccc(OC(N)=O)c(OCC(N)=O)c2)c1OC. The van der Waals surface area contributed by atoms with Crippen LogP contribution in [0.15, 0.2) is 58.7 Å². The molecule has 0 aliphatic carbocycles.